The summed E-state index contributed by atoms with van der Waals surface area (Å²) in [5.74, 6) is 1.11. The summed E-state index contributed by atoms with van der Waals surface area (Å²) in [5.41, 5.74) is -1.44. The number of nitrogens with zero attached hydrogens (tertiary/aromatic N) is 2. The van der Waals surface area contributed by atoms with Crippen molar-refractivity contribution < 1.29 is 24.2 Å². The molecule has 7 rings (SSSR count). The van der Waals surface area contributed by atoms with Crippen LogP contribution in [0.25, 0.3) is 0 Å². The lowest BCUT2D eigenvalue weighted by Gasteiger charge is -2.60. The molecule has 252 valence electrons. The molecule has 7 nitrogen and oxygen atoms in total. The number of carboxylic acid groups (broad SMARTS) is 1. The van der Waals surface area contributed by atoms with Gasteiger partial charge in [-0.3, -0.25) is 9.69 Å². The molecule has 0 aromatic carbocycles. The number of aliphatic carboxylic acids is 1. The van der Waals surface area contributed by atoms with E-state index in [1.54, 1.807) is 0 Å². The molecule has 0 aromatic heterocycles. The molecule has 45 heavy (non-hydrogen) atoms. The summed E-state index contributed by atoms with van der Waals surface area (Å²) in [4.78, 5) is 33.0. The topological polar surface area (TPSA) is 79.3 Å². The van der Waals surface area contributed by atoms with Crippen LogP contribution in [0.2, 0.25) is 0 Å². The predicted molar refractivity (Wildman–Crippen MR) is 175 cm³/mol. The summed E-state index contributed by atoms with van der Waals surface area (Å²) in [5, 5.41) is 11.6. The summed E-state index contributed by atoms with van der Waals surface area (Å²) in [7, 11) is 0. The van der Waals surface area contributed by atoms with Gasteiger partial charge in [0.1, 0.15) is 11.7 Å². The van der Waals surface area contributed by atoms with Gasteiger partial charge in [-0.25, -0.2) is 0 Å². The maximum atomic E-state index is 14.1. The zero-order valence-electron chi connectivity index (χ0n) is 28.6. The smallest absolute Gasteiger partial charge is 0.315 e. The second-order valence-electron chi connectivity index (χ2n) is 16.5. The van der Waals surface area contributed by atoms with Crippen LogP contribution in [-0.2, 0) is 19.1 Å². The van der Waals surface area contributed by atoms with Crippen LogP contribution < -0.4 is 0 Å². The van der Waals surface area contributed by atoms with E-state index in [4.69, 9.17) is 9.47 Å². The van der Waals surface area contributed by atoms with Crippen molar-refractivity contribution >= 4 is 12.3 Å². The van der Waals surface area contributed by atoms with Crippen LogP contribution in [0.3, 0.4) is 0 Å². The number of fused-ring (bicyclic) bond motifs is 2. The Hall–Kier alpha value is -1.28. The number of rotatable bonds is 11. The van der Waals surface area contributed by atoms with Crippen molar-refractivity contribution in [3.8, 4) is 0 Å². The first-order valence-electron chi connectivity index (χ1n) is 18.9. The normalized spacial score (nSPS) is 45.3. The quantitative estimate of drug-likeness (QED) is 0.221. The van der Waals surface area contributed by atoms with Gasteiger partial charge in [-0.15, -0.1) is 0 Å². The van der Waals surface area contributed by atoms with Gasteiger partial charge in [-0.2, -0.15) is 0 Å². The number of piperidine rings is 1. The average Bonchev–Trinajstić information content (AvgIpc) is 3.78. The van der Waals surface area contributed by atoms with Gasteiger partial charge in [0.2, 0.25) is 0 Å². The number of carbonyl (C=O) groups is 2. The molecule has 0 spiro atoms. The van der Waals surface area contributed by atoms with E-state index >= 15 is 0 Å². The number of ether oxygens (including phenoxy) is 2. The third-order valence-electron chi connectivity index (χ3n) is 14.8. The van der Waals surface area contributed by atoms with E-state index in [0.29, 0.717) is 30.2 Å². The van der Waals surface area contributed by atoms with E-state index in [-0.39, 0.29) is 30.0 Å². The fraction of sp³-hybridized carbons (Fsp3) is 0.895. The molecule has 7 aliphatic rings. The minimum atomic E-state index is -1.14. The molecule has 4 aliphatic carbocycles. The number of hydrogen-bond acceptors (Lipinski definition) is 6. The van der Waals surface area contributed by atoms with Crippen LogP contribution in [0.15, 0.2) is 11.6 Å². The fourth-order valence-electron chi connectivity index (χ4n) is 13.0. The van der Waals surface area contributed by atoms with Crippen molar-refractivity contribution in [1.82, 2.24) is 9.80 Å². The minimum Gasteiger partial charge on any atom is -0.481 e. The lowest BCUT2D eigenvalue weighted by molar-refractivity contribution is -0.198. The second kappa shape index (κ2) is 12.3. The predicted octanol–water partition coefficient (Wildman–Crippen LogP) is 6.06. The SMILES string of the molecule is CCCCC1CC(C23C[C@@H]4[C@H](CC)CC[C@H]4C4(C=O)CC2C=C(C(C)C)C34C(=O)O)OC1CN1CCC(N2CCOCC2)CC1. The molecule has 7 heteroatoms. The summed E-state index contributed by atoms with van der Waals surface area (Å²) in [6, 6.07) is 0.659. The second-order valence-corrected chi connectivity index (χ2v) is 16.5. The molecule has 7 unspecified atom stereocenters. The average molecular weight is 625 g/mol. The van der Waals surface area contributed by atoms with E-state index in [2.05, 4.69) is 43.6 Å². The Balaban J connectivity index is 1.20. The third-order valence-corrected chi connectivity index (χ3v) is 14.8. The third kappa shape index (κ3) is 4.55. The van der Waals surface area contributed by atoms with Crippen LogP contribution in [0, 0.1) is 51.8 Å². The van der Waals surface area contributed by atoms with Crippen LogP contribution in [0.4, 0.5) is 0 Å². The highest BCUT2D eigenvalue weighted by Gasteiger charge is 2.86. The van der Waals surface area contributed by atoms with Crippen LogP contribution >= 0.6 is 0 Å². The first kappa shape index (κ1) is 32.3. The number of unbranched alkanes of at least 4 members (excludes halogenated alkanes) is 1. The molecule has 0 aromatic rings. The highest BCUT2D eigenvalue weighted by molar-refractivity contribution is 5.90. The Morgan fingerprint density at radius 3 is 2.47 bits per heavy atom. The van der Waals surface area contributed by atoms with Crippen LogP contribution in [-0.4, -0.2) is 91.3 Å². The maximum Gasteiger partial charge on any atom is 0.315 e. The summed E-state index contributed by atoms with van der Waals surface area (Å²) in [6.45, 7) is 15.9. The van der Waals surface area contributed by atoms with E-state index < -0.39 is 22.2 Å². The standard InChI is InChI=1S/C38H60N2O5/c1-5-7-8-27-19-34(45-33(27)23-39-13-11-29(12-14-39)40-15-17-44-18-16-40)37-22-30-26(6-2)9-10-31(30)36(24-41)21-28(37)20-32(25(3)4)38(36,37)35(42)43/h20,24-31,33-34H,5-19,21-23H2,1-4H3,(H,42,43)/t26-,27?,28?,30-,31-,33?,34?,36?,37?,38?/m1/s1. The molecule has 4 bridgehead atoms. The first-order chi connectivity index (χ1) is 21.8. The molecule has 10 atom stereocenters. The zero-order chi connectivity index (χ0) is 31.6. The monoisotopic (exact) mass is 624 g/mol. The van der Waals surface area contributed by atoms with E-state index in [0.717, 1.165) is 90.0 Å². The Morgan fingerprint density at radius 1 is 1.07 bits per heavy atom. The zero-order valence-corrected chi connectivity index (χ0v) is 28.6. The van der Waals surface area contributed by atoms with Crippen molar-refractivity contribution in [2.75, 3.05) is 45.9 Å². The molecule has 3 aliphatic heterocycles. The van der Waals surface area contributed by atoms with Crippen molar-refractivity contribution in [2.24, 2.45) is 51.8 Å². The van der Waals surface area contributed by atoms with Crippen LogP contribution in [0.5, 0.6) is 0 Å². The summed E-state index contributed by atoms with van der Waals surface area (Å²) in [6.07, 6.45) is 15.3. The van der Waals surface area contributed by atoms with Crippen molar-refractivity contribution in [1.29, 1.82) is 0 Å². The number of hydrogen-bond donors (Lipinski definition) is 1. The highest BCUT2D eigenvalue weighted by atomic mass is 16.5. The number of carbonyl (C=O) groups excluding carboxylic acids is 1. The van der Waals surface area contributed by atoms with Gasteiger partial charge in [0, 0.05) is 31.1 Å². The van der Waals surface area contributed by atoms with Crippen molar-refractivity contribution in [3.05, 3.63) is 11.6 Å². The fourth-order valence-corrected chi connectivity index (χ4v) is 13.0. The van der Waals surface area contributed by atoms with Gasteiger partial charge in [0.05, 0.1) is 30.8 Å². The van der Waals surface area contributed by atoms with Crippen molar-refractivity contribution in [3.63, 3.8) is 0 Å². The molecule has 0 amide bonds. The Kier molecular flexibility index (Phi) is 8.83. The number of aldehydes is 1. The summed E-state index contributed by atoms with van der Waals surface area (Å²) < 4.78 is 13.0. The molecule has 1 N–H and O–H groups in total. The number of allylic oxidation sites excluding steroid dienone is 1. The Labute approximate surface area is 271 Å². The highest BCUT2D eigenvalue weighted by Crippen LogP contribution is 2.84. The number of likely N-dealkylation sites (tertiary alicyclic amines) is 1. The number of carboxylic acids is 1. The molecular formula is C38H60N2O5. The molecular weight excluding hydrogens is 564 g/mol. The molecule has 3 heterocycles. The van der Waals surface area contributed by atoms with Gasteiger partial charge < -0.3 is 24.3 Å². The van der Waals surface area contributed by atoms with Crippen molar-refractivity contribution in [2.45, 2.75) is 117 Å². The molecule has 3 saturated carbocycles. The van der Waals surface area contributed by atoms with Gasteiger partial charge in [-0.1, -0.05) is 58.6 Å². The van der Waals surface area contributed by atoms with Gasteiger partial charge in [0.25, 0.3) is 0 Å². The Morgan fingerprint density at radius 2 is 1.82 bits per heavy atom. The van der Waals surface area contributed by atoms with E-state index in [1.807, 2.05) is 0 Å². The first-order valence-corrected chi connectivity index (χ1v) is 18.9. The van der Waals surface area contributed by atoms with Gasteiger partial charge >= 0.3 is 5.97 Å². The largest absolute Gasteiger partial charge is 0.481 e. The lowest BCUT2D eigenvalue weighted by atomic mass is 9.41. The number of morpholine rings is 1. The molecule has 6 fully saturated rings. The minimum absolute atomic E-state index is 0.103. The van der Waals surface area contributed by atoms with Crippen LogP contribution in [0.1, 0.15) is 98.3 Å². The summed E-state index contributed by atoms with van der Waals surface area (Å²) >= 11 is 0. The van der Waals surface area contributed by atoms with Gasteiger partial charge in [-0.05, 0) is 100.0 Å². The van der Waals surface area contributed by atoms with Gasteiger partial charge in [0.15, 0.2) is 0 Å². The Bertz CT molecular complexity index is 1140. The van der Waals surface area contributed by atoms with E-state index in [9.17, 15) is 14.7 Å². The van der Waals surface area contributed by atoms with E-state index in [1.165, 1.54) is 32.0 Å². The maximum absolute atomic E-state index is 14.1. The molecule has 0 radical (unpaired) electrons. The molecule has 3 saturated heterocycles. The lowest BCUT2D eigenvalue weighted by Crippen LogP contribution is -2.65.